The minimum atomic E-state index is -2.44. The van der Waals surface area contributed by atoms with E-state index in [1.165, 1.54) is 10.4 Å². The highest BCUT2D eigenvalue weighted by molar-refractivity contribution is 7.98. The molecule has 0 aromatic heterocycles. The second-order valence-electron chi connectivity index (χ2n) is 7.52. The Balaban J connectivity index is 2.46. The lowest BCUT2D eigenvalue weighted by Gasteiger charge is -2.43. The lowest BCUT2D eigenvalue weighted by atomic mass is 10.2. The third-order valence-electron chi connectivity index (χ3n) is 4.62. The molecular weight excluding hydrogens is 342 g/mol. The van der Waals surface area contributed by atoms with Crippen LogP contribution in [0.15, 0.2) is 60.7 Å². The molecule has 0 amide bonds. The van der Waals surface area contributed by atoms with Crippen LogP contribution in [0.5, 0.6) is 0 Å². The number of benzene rings is 2. The Kier molecular flexibility index (Phi) is 7.32. The van der Waals surface area contributed by atoms with Crippen LogP contribution >= 0.6 is 11.8 Å². The van der Waals surface area contributed by atoms with Crippen LogP contribution in [0.3, 0.4) is 0 Å². The maximum Gasteiger partial charge on any atom is 0.261 e. The summed E-state index contributed by atoms with van der Waals surface area (Å²) in [5, 5.41) is 2.63. The molecule has 0 heterocycles. The Labute approximate surface area is 158 Å². The minimum Gasteiger partial charge on any atom is -0.406 e. The van der Waals surface area contributed by atoms with Crippen molar-refractivity contribution >= 4 is 30.5 Å². The van der Waals surface area contributed by atoms with Gasteiger partial charge in [-0.1, -0.05) is 81.4 Å². The van der Waals surface area contributed by atoms with Gasteiger partial charge in [0, 0.05) is 12.6 Å². The van der Waals surface area contributed by atoms with E-state index in [2.05, 4.69) is 87.7 Å². The van der Waals surface area contributed by atoms with Gasteiger partial charge in [-0.25, -0.2) is 0 Å². The molecule has 4 heteroatoms. The predicted molar refractivity (Wildman–Crippen MR) is 115 cm³/mol. The zero-order valence-corrected chi connectivity index (χ0v) is 17.7. The first-order valence-corrected chi connectivity index (χ1v) is 12.2. The molecule has 0 fully saturated rings. The Morgan fingerprint density at radius 1 is 0.960 bits per heavy atom. The van der Waals surface area contributed by atoms with Gasteiger partial charge in [0.15, 0.2) is 0 Å². The topological polar surface area (TPSA) is 35.2 Å². The van der Waals surface area contributed by atoms with Gasteiger partial charge in [-0.05, 0) is 33.8 Å². The second-order valence-corrected chi connectivity index (χ2v) is 12.8. The van der Waals surface area contributed by atoms with Gasteiger partial charge in [0.05, 0.1) is 0 Å². The van der Waals surface area contributed by atoms with Gasteiger partial charge < -0.3 is 10.2 Å². The van der Waals surface area contributed by atoms with Crippen LogP contribution in [0.1, 0.15) is 27.2 Å². The summed E-state index contributed by atoms with van der Waals surface area (Å²) in [5.41, 5.74) is 6.35. The SMILES string of the molecule is CSCC[C@H](N)CO[Si](c1ccccc1)(c1ccccc1)C(C)(C)C. The van der Waals surface area contributed by atoms with E-state index < -0.39 is 8.32 Å². The van der Waals surface area contributed by atoms with Crippen molar-refractivity contribution in [2.45, 2.75) is 38.3 Å². The van der Waals surface area contributed by atoms with Crippen LogP contribution in [-0.4, -0.2) is 33.0 Å². The molecule has 0 radical (unpaired) electrons. The smallest absolute Gasteiger partial charge is 0.261 e. The van der Waals surface area contributed by atoms with E-state index in [1.807, 2.05) is 11.8 Å². The average molecular weight is 374 g/mol. The summed E-state index contributed by atoms with van der Waals surface area (Å²) in [6.45, 7) is 7.50. The molecule has 0 bridgehead atoms. The minimum absolute atomic E-state index is 0.00886. The number of hydrogen-bond acceptors (Lipinski definition) is 3. The average Bonchev–Trinajstić information content (AvgIpc) is 2.61. The van der Waals surface area contributed by atoms with Gasteiger partial charge in [0.2, 0.25) is 0 Å². The van der Waals surface area contributed by atoms with Gasteiger partial charge in [0.25, 0.3) is 8.32 Å². The lowest BCUT2D eigenvalue weighted by molar-refractivity contribution is 0.269. The van der Waals surface area contributed by atoms with Crippen LogP contribution < -0.4 is 16.1 Å². The summed E-state index contributed by atoms with van der Waals surface area (Å²) >= 11 is 1.84. The first-order valence-electron chi connectivity index (χ1n) is 8.91. The summed E-state index contributed by atoms with van der Waals surface area (Å²) in [7, 11) is -2.44. The molecule has 1 atom stereocenters. The molecule has 0 aliphatic heterocycles. The van der Waals surface area contributed by atoms with E-state index in [0.29, 0.717) is 6.61 Å². The number of hydrogen-bond donors (Lipinski definition) is 1. The monoisotopic (exact) mass is 373 g/mol. The summed E-state index contributed by atoms with van der Waals surface area (Å²) in [6.07, 6.45) is 3.11. The summed E-state index contributed by atoms with van der Waals surface area (Å²) < 4.78 is 6.83. The molecule has 136 valence electrons. The predicted octanol–water partition coefficient (Wildman–Crippen LogP) is 3.64. The zero-order valence-electron chi connectivity index (χ0n) is 15.9. The second kappa shape index (κ2) is 9.04. The highest BCUT2D eigenvalue weighted by Crippen LogP contribution is 2.36. The molecule has 25 heavy (non-hydrogen) atoms. The maximum atomic E-state index is 6.83. The van der Waals surface area contributed by atoms with Crippen molar-refractivity contribution in [1.29, 1.82) is 0 Å². The van der Waals surface area contributed by atoms with E-state index in [-0.39, 0.29) is 11.1 Å². The normalized spacial score (nSPS) is 13.6. The van der Waals surface area contributed by atoms with Crippen molar-refractivity contribution in [2.24, 2.45) is 5.73 Å². The van der Waals surface area contributed by atoms with Gasteiger partial charge in [-0.15, -0.1) is 0 Å². The number of nitrogens with two attached hydrogens (primary N) is 1. The highest BCUT2D eigenvalue weighted by atomic mass is 32.2. The van der Waals surface area contributed by atoms with Gasteiger partial charge >= 0.3 is 0 Å². The number of rotatable bonds is 8. The van der Waals surface area contributed by atoms with Crippen molar-refractivity contribution in [3.05, 3.63) is 60.7 Å². The molecule has 0 saturated heterocycles. The van der Waals surface area contributed by atoms with Crippen molar-refractivity contribution in [1.82, 2.24) is 0 Å². The molecule has 0 saturated carbocycles. The quantitative estimate of drug-likeness (QED) is 0.718. The van der Waals surface area contributed by atoms with E-state index in [0.717, 1.165) is 12.2 Å². The molecule has 0 spiro atoms. The third kappa shape index (κ3) is 4.76. The first-order chi connectivity index (χ1) is 11.9. The fourth-order valence-corrected chi connectivity index (χ4v) is 8.50. The van der Waals surface area contributed by atoms with Crippen molar-refractivity contribution < 1.29 is 4.43 Å². The molecule has 2 aromatic rings. The Morgan fingerprint density at radius 2 is 1.44 bits per heavy atom. The Bertz CT molecular complexity index is 588. The molecule has 0 aliphatic rings. The zero-order chi connectivity index (χ0) is 18.3. The number of thioether (sulfide) groups is 1. The van der Waals surface area contributed by atoms with E-state index in [9.17, 15) is 0 Å². The lowest BCUT2D eigenvalue weighted by Crippen LogP contribution is -2.67. The molecule has 2 rings (SSSR count). The van der Waals surface area contributed by atoms with Crippen LogP contribution in [0.4, 0.5) is 0 Å². The Morgan fingerprint density at radius 3 is 1.84 bits per heavy atom. The summed E-state index contributed by atoms with van der Waals surface area (Å²) in [6, 6.07) is 21.6. The Hall–Kier alpha value is -1.07. The fourth-order valence-electron chi connectivity index (χ4n) is 3.35. The summed E-state index contributed by atoms with van der Waals surface area (Å²) in [4.78, 5) is 0. The molecule has 0 aliphatic carbocycles. The van der Waals surface area contributed by atoms with E-state index in [4.69, 9.17) is 10.2 Å². The van der Waals surface area contributed by atoms with Crippen LogP contribution in [-0.2, 0) is 4.43 Å². The van der Waals surface area contributed by atoms with Gasteiger partial charge in [0.1, 0.15) is 0 Å². The van der Waals surface area contributed by atoms with Crippen LogP contribution in [0.2, 0.25) is 5.04 Å². The molecule has 2 aromatic carbocycles. The van der Waals surface area contributed by atoms with Crippen LogP contribution in [0.25, 0.3) is 0 Å². The molecule has 2 N–H and O–H groups in total. The standard InChI is InChI=1S/C21H31NOSSi/c1-21(2,3)25(19-11-7-5-8-12-19,20-13-9-6-10-14-20)23-17-18(22)15-16-24-4/h5-14,18H,15-17,22H2,1-4H3/t18-/m0/s1. The summed E-state index contributed by atoms with van der Waals surface area (Å²) in [5.74, 6) is 1.07. The van der Waals surface area contributed by atoms with E-state index >= 15 is 0 Å². The molecule has 0 unspecified atom stereocenters. The third-order valence-corrected chi connectivity index (χ3v) is 10.3. The first kappa shape index (κ1) is 20.2. The van der Waals surface area contributed by atoms with Crippen molar-refractivity contribution in [2.75, 3.05) is 18.6 Å². The van der Waals surface area contributed by atoms with Crippen LogP contribution in [0, 0.1) is 0 Å². The molecular formula is C21H31NOSSi. The van der Waals surface area contributed by atoms with E-state index in [1.54, 1.807) is 0 Å². The molecule has 2 nitrogen and oxygen atoms in total. The largest absolute Gasteiger partial charge is 0.406 e. The van der Waals surface area contributed by atoms with Gasteiger partial charge in [-0.2, -0.15) is 11.8 Å². The van der Waals surface area contributed by atoms with Gasteiger partial charge in [-0.3, -0.25) is 0 Å². The maximum absolute atomic E-state index is 6.83. The highest BCUT2D eigenvalue weighted by Gasteiger charge is 2.50. The fraction of sp³-hybridized carbons (Fsp3) is 0.429. The van der Waals surface area contributed by atoms with Crippen molar-refractivity contribution in [3.63, 3.8) is 0 Å². The van der Waals surface area contributed by atoms with Crippen molar-refractivity contribution in [3.8, 4) is 0 Å².